The molecule has 0 aliphatic carbocycles. The molecule has 0 spiro atoms. The molecule has 2 N–H and O–H groups in total. The van der Waals surface area contributed by atoms with Crippen LogP contribution in [0.5, 0.6) is 0 Å². The molecule has 1 amide bonds. The summed E-state index contributed by atoms with van der Waals surface area (Å²) in [4.78, 5) is 41.8. The summed E-state index contributed by atoms with van der Waals surface area (Å²) in [6, 6.07) is 14.5. The molecule has 2 aromatic carbocycles. The summed E-state index contributed by atoms with van der Waals surface area (Å²) in [7, 11) is 0. The number of carbonyl (C=O) groups excluding carboxylic acids is 1. The van der Waals surface area contributed by atoms with E-state index in [2.05, 4.69) is 20.4 Å². The molecule has 0 aliphatic rings. The molecule has 4 rings (SSSR count). The Hall–Kier alpha value is -4.34. The third-order valence-electron chi connectivity index (χ3n) is 4.24. The Morgan fingerprint density at radius 1 is 1.14 bits per heavy atom. The van der Waals surface area contributed by atoms with E-state index < -0.39 is 10.8 Å². The van der Waals surface area contributed by atoms with Gasteiger partial charge < -0.3 is 10.3 Å². The Morgan fingerprint density at radius 2 is 1.86 bits per heavy atom. The van der Waals surface area contributed by atoms with Crippen molar-refractivity contribution in [3.63, 3.8) is 0 Å². The van der Waals surface area contributed by atoms with Gasteiger partial charge in [0.05, 0.1) is 23.4 Å². The molecule has 0 fully saturated rings. The fraction of sp³-hybridized carbons (Fsp3) is 0.0526. The maximum absolute atomic E-state index is 12.3. The monoisotopic (exact) mass is 390 g/mol. The number of aromatic nitrogens is 4. The Bertz CT molecular complexity index is 1260. The summed E-state index contributed by atoms with van der Waals surface area (Å²) in [5.41, 5.74) is 0.915. The fourth-order valence-electron chi connectivity index (χ4n) is 2.81. The van der Waals surface area contributed by atoms with Crippen molar-refractivity contribution in [2.75, 3.05) is 0 Å². The number of rotatable bonds is 5. The predicted molar refractivity (Wildman–Crippen MR) is 104 cm³/mol. The highest BCUT2D eigenvalue weighted by molar-refractivity contribution is 5.94. The predicted octanol–water partition coefficient (Wildman–Crippen LogP) is 1.95. The number of hydrogen-bond donors (Lipinski definition) is 2. The van der Waals surface area contributed by atoms with Gasteiger partial charge in [0.15, 0.2) is 5.65 Å². The number of fused-ring (bicyclic) bond motifs is 1. The van der Waals surface area contributed by atoms with Crippen LogP contribution in [-0.2, 0) is 6.54 Å². The summed E-state index contributed by atoms with van der Waals surface area (Å²) in [6.07, 6.45) is 1.44. The quantitative estimate of drug-likeness (QED) is 0.395. The van der Waals surface area contributed by atoms with E-state index in [1.54, 1.807) is 4.68 Å². The number of nitro benzene ring substituents is 1. The number of hydrogen-bond acceptors (Lipinski definition) is 6. The van der Waals surface area contributed by atoms with Crippen LogP contribution in [0.3, 0.4) is 0 Å². The summed E-state index contributed by atoms with van der Waals surface area (Å²) in [5, 5.41) is 17.9. The Labute approximate surface area is 163 Å². The minimum Gasteiger partial charge on any atom is -0.345 e. The van der Waals surface area contributed by atoms with Gasteiger partial charge in [-0.2, -0.15) is 5.10 Å². The normalized spacial score (nSPS) is 10.8. The molecule has 2 aromatic heterocycles. The number of H-pyrrole nitrogens is 1. The minimum absolute atomic E-state index is 0.0268. The first-order chi connectivity index (χ1) is 14.0. The molecule has 0 bridgehead atoms. The maximum atomic E-state index is 12.3. The van der Waals surface area contributed by atoms with E-state index in [0.717, 1.165) is 5.69 Å². The van der Waals surface area contributed by atoms with Crippen LogP contribution in [0.4, 0.5) is 5.69 Å². The summed E-state index contributed by atoms with van der Waals surface area (Å²) in [6.45, 7) is -0.0268. The van der Waals surface area contributed by atoms with Crippen LogP contribution < -0.4 is 10.9 Å². The third-order valence-corrected chi connectivity index (χ3v) is 4.24. The molecule has 10 heteroatoms. The number of carbonyl (C=O) groups is 1. The molecule has 0 aliphatic heterocycles. The van der Waals surface area contributed by atoms with Gasteiger partial charge >= 0.3 is 0 Å². The van der Waals surface area contributed by atoms with Crippen LogP contribution in [-0.4, -0.2) is 30.6 Å². The van der Waals surface area contributed by atoms with Gasteiger partial charge in [-0.3, -0.25) is 19.7 Å². The minimum atomic E-state index is -0.540. The van der Waals surface area contributed by atoms with Gasteiger partial charge in [0, 0.05) is 17.7 Å². The molecule has 10 nitrogen and oxygen atoms in total. The third kappa shape index (κ3) is 3.58. The molecule has 0 saturated carbocycles. The van der Waals surface area contributed by atoms with E-state index in [0.29, 0.717) is 11.0 Å². The zero-order chi connectivity index (χ0) is 20.4. The average molecular weight is 390 g/mol. The Kier molecular flexibility index (Phi) is 4.57. The van der Waals surface area contributed by atoms with Gasteiger partial charge in [-0.15, -0.1) is 0 Å². The number of nitrogens with one attached hydrogen (secondary N) is 2. The number of nitro groups is 1. The molecular formula is C19H14N6O4. The number of non-ortho nitro benzene ring substituents is 1. The van der Waals surface area contributed by atoms with Crippen molar-refractivity contribution in [3.8, 4) is 5.69 Å². The first-order valence-corrected chi connectivity index (χ1v) is 8.58. The van der Waals surface area contributed by atoms with Gasteiger partial charge in [-0.1, -0.05) is 18.2 Å². The maximum Gasteiger partial charge on any atom is 0.269 e. The van der Waals surface area contributed by atoms with E-state index >= 15 is 0 Å². The zero-order valence-corrected chi connectivity index (χ0v) is 14.9. The zero-order valence-electron chi connectivity index (χ0n) is 14.9. The highest BCUT2D eigenvalue weighted by Gasteiger charge is 2.13. The van der Waals surface area contributed by atoms with Gasteiger partial charge in [-0.25, -0.2) is 9.67 Å². The van der Waals surface area contributed by atoms with Crippen molar-refractivity contribution < 1.29 is 9.72 Å². The van der Waals surface area contributed by atoms with Crippen LogP contribution >= 0.6 is 0 Å². The second-order valence-corrected chi connectivity index (χ2v) is 6.13. The summed E-state index contributed by atoms with van der Waals surface area (Å²) in [5.74, 6) is -0.186. The van der Waals surface area contributed by atoms with Crippen LogP contribution in [0.15, 0.2) is 65.6 Å². The largest absolute Gasteiger partial charge is 0.345 e. The van der Waals surface area contributed by atoms with Crippen molar-refractivity contribution >= 4 is 22.6 Å². The van der Waals surface area contributed by atoms with Gasteiger partial charge in [0.1, 0.15) is 11.2 Å². The first-order valence-electron chi connectivity index (χ1n) is 8.58. The lowest BCUT2D eigenvalue weighted by Crippen LogP contribution is -2.25. The molecule has 0 unspecified atom stereocenters. The lowest BCUT2D eigenvalue weighted by molar-refractivity contribution is -0.384. The van der Waals surface area contributed by atoms with Crippen LogP contribution in [0.25, 0.3) is 16.7 Å². The number of benzene rings is 2. The second kappa shape index (κ2) is 7.35. The van der Waals surface area contributed by atoms with E-state index in [1.807, 2.05) is 30.3 Å². The topological polar surface area (TPSA) is 136 Å². The van der Waals surface area contributed by atoms with Crippen molar-refractivity contribution in [1.29, 1.82) is 0 Å². The number of aromatic amines is 1. The molecule has 0 atom stereocenters. The van der Waals surface area contributed by atoms with Crippen LogP contribution in [0.2, 0.25) is 0 Å². The second-order valence-electron chi connectivity index (χ2n) is 6.13. The summed E-state index contributed by atoms with van der Waals surface area (Å²) < 4.78 is 1.55. The SMILES string of the molecule is O=C(NCc1nc2c(cnn2-c2ccccc2)c(=O)[nH]1)c1ccc([N+](=O)[O-])cc1. The van der Waals surface area contributed by atoms with Crippen molar-refractivity contribution in [3.05, 3.63) is 92.7 Å². The molecule has 0 radical (unpaired) electrons. The van der Waals surface area contributed by atoms with Crippen LogP contribution in [0.1, 0.15) is 16.2 Å². The molecule has 2 heterocycles. The number of para-hydroxylation sites is 1. The average Bonchev–Trinajstić information content (AvgIpc) is 3.17. The number of amides is 1. The van der Waals surface area contributed by atoms with E-state index in [4.69, 9.17) is 0 Å². The van der Waals surface area contributed by atoms with Gasteiger partial charge in [0.25, 0.3) is 17.2 Å². The molecule has 0 saturated heterocycles. The highest BCUT2D eigenvalue weighted by Crippen LogP contribution is 2.14. The Balaban J connectivity index is 1.57. The van der Waals surface area contributed by atoms with Crippen molar-refractivity contribution in [2.24, 2.45) is 0 Å². The van der Waals surface area contributed by atoms with Gasteiger partial charge in [-0.05, 0) is 24.3 Å². The van der Waals surface area contributed by atoms with E-state index in [1.165, 1.54) is 30.5 Å². The lowest BCUT2D eigenvalue weighted by atomic mass is 10.2. The molecular weight excluding hydrogens is 376 g/mol. The van der Waals surface area contributed by atoms with E-state index in [-0.39, 0.29) is 29.2 Å². The number of nitrogens with zero attached hydrogens (tertiary/aromatic N) is 4. The molecule has 4 aromatic rings. The van der Waals surface area contributed by atoms with Crippen LogP contribution in [0, 0.1) is 10.1 Å². The Morgan fingerprint density at radius 3 is 2.55 bits per heavy atom. The molecule has 29 heavy (non-hydrogen) atoms. The molecule has 144 valence electrons. The first kappa shape index (κ1) is 18.0. The fourth-order valence-corrected chi connectivity index (χ4v) is 2.81. The lowest BCUT2D eigenvalue weighted by Gasteiger charge is -2.06. The van der Waals surface area contributed by atoms with Gasteiger partial charge in [0.2, 0.25) is 0 Å². The summed E-state index contributed by atoms with van der Waals surface area (Å²) >= 11 is 0. The van der Waals surface area contributed by atoms with E-state index in [9.17, 15) is 19.7 Å². The van der Waals surface area contributed by atoms with Crippen molar-refractivity contribution in [1.82, 2.24) is 25.1 Å². The highest BCUT2D eigenvalue weighted by atomic mass is 16.6. The van der Waals surface area contributed by atoms with Crippen molar-refractivity contribution in [2.45, 2.75) is 6.54 Å². The smallest absolute Gasteiger partial charge is 0.269 e. The standard InChI is InChI=1S/C19H14N6O4/c26-18(12-6-8-14(9-7-12)25(28)29)20-11-16-22-17-15(19(27)23-16)10-21-24(17)13-4-2-1-3-5-13/h1-10H,11H2,(H,20,26)(H,22,23,27).